The van der Waals surface area contributed by atoms with Crippen LogP contribution in [-0.4, -0.2) is 23.2 Å². The quantitative estimate of drug-likeness (QED) is 0.276. The summed E-state index contributed by atoms with van der Waals surface area (Å²) in [5, 5.41) is 9.66. The van der Waals surface area contributed by atoms with Crippen molar-refractivity contribution in [1.29, 1.82) is 0 Å². The van der Waals surface area contributed by atoms with Crippen LogP contribution >= 0.6 is 58.0 Å². The van der Waals surface area contributed by atoms with Gasteiger partial charge in [-0.15, -0.1) is 23.2 Å². The van der Waals surface area contributed by atoms with E-state index >= 15 is 0 Å². The fraction of sp³-hybridized carbons (Fsp3) is 0.167. The maximum Gasteiger partial charge on any atom is 0.257 e. The van der Waals surface area contributed by atoms with E-state index in [0.29, 0.717) is 27.0 Å². The Morgan fingerprint density at radius 3 is 2.15 bits per heavy atom. The summed E-state index contributed by atoms with van der Waals surface area (Å²) in [5.41, 5.74) is 2.68. The molecule has 3 aromatic carbocycles. The number of benzene rings is 3. The zero-order valence-corrected chi connectivity index (χ0v) is 21.4. The van der Waals surface area contributed by atoms with Crippen molar-refractivity contribution in [3.8, 4) is 0 Å². The van der Waals surface area contributed by atoms with E-state index in [1.807, 2.05) is 12.1 Å². The lowest BCUT2D eigenvalue weighted by atomic mass is 10.1. The topological polar surface area (TPSA) is 70.2 Å². The van der Waals surface area contributed by atoms with E-state index in [1.165, 1.54) is 12.1 Å². The molecular weight excluding hydrogens is 540 g/mol. The van der Waals surface area contributed by atoms with Crippen LogP contribution in [0, 0.1) is 5.92 Å². The van der Waals surface area contributed by atoms with Gasteiger partial charge in [0.1, 0.15) is 4.33 Å². The van der Waals surface area contributed by atoms with E-state index in [0.717, 1.165) is 5.69 Å². The summed E-state index contributed by atoms with van der Waals surface area (Å²) in [4.78, 5) is 25.8. The van der Waals surface area contributed by atoms with Gasteiger partial charge in [0.25, 0.3) is 5.91 Å². The van der Waals surface area contributed by atoms with Crippen LogP contribution in [0.1, 0.15) is 21.8 Å². The van der Waals surface area contributed by atoms with Crippen LogP contribution in [0.2, 0.25) is 15.1 Å². The summed E-state index contributed by atoms with van der Waals surface area (Å²) in [6.07, 6.45) is 0. The van der Waals surface area contributed by atoms with Crippen molar-refractivity contribution < 1.29 is 9.59 Å². The molecule has 0 spiro atoms. The second kappa shape index (κ2) is 9.84. The van der Waals surface area contributed by atoms with E-state index in [4.69, 9.17) is 58.0 Å². The minimum Gasteiger partial charge on any atom is -0.388 e. The van der Waals surface area contributed by atoms with Crippen molar-refractivity contribution in [3.63, 3.8) is 0 Å². The number of anilines is 3. The second-order valence-corrected chi connectivity index (χ2v) is 10.5. The molecule has 0 heterocycles. The molecule has 3 N–H and O–H groups in total. The molecule has 0 aromatic heterocycles. The number of carbonyl (C=O) groups excluding carboxylic acids is 2. The summed E-state index contributed by atoms with van der Waals surface area (Å²) >= 11 is 31.3. The van der Waals surface area contributed by atoms with Crippen molar-refractivity contribution in [2.45, 2.75) is 10.3 Å². The Bertz CT molecular complexity index is 1260. The predicted octanol–water partition coefficient (Wildman–Crippen LogP) is 7.47. The monoisotopic (exact) mass is 555 g/mol. The minimum atomic E-state index is -1.32. The van der Waals surface area contributed by atoms with Crippen LogP contribution < -0.4 is 16.0 Å². The fourth-order valence-electron chi connectivity index (χ4n) is 3.77. The molecule has 1 aliphatic rings. The largest absolute Gasteiger partial charge is 0.388 e. The van der Waals surface area contributed by atoms with Crippen LogP contribution in [0.25, 0.3) is 0 Å². The van der Waals surface area contributed by atoms with E-state index in [9.17, 15) is 9.59 Å². The standard InChI is InChI=1S/C24H18Cl5N3O2/c1-30-15-3-2-4-16(10-15)31-22(33)18-11-17(5-6-19(18)27)32-23(34)21-20(24(21,28)29)12-7-13(25)9-14(26)8-12/h2-11,20-21,30H,1H3,(H,31,33)(H,32,34). The lowest BCUT2D eigenvalue weighted by Gasteiger charge is -2.11. The highest BCUT2D eigenvalue weighted by Crippen LogP contribution is 2.65. The number of nitrogens with one attached hydrogen (secondary N) is 3. The van der Waals surface area contributed by atoms with Gasteiger partial charge in [-0.2, -0.15) is 0 Å². The number of alkyl halides is 2. The number of carbonyl (C=O) groups is 2. The van der Waals surface area contributed by atoms with Gasteiger partial charge in [0, 0.05) is 40.1 Å². The van der Waals surface area contributed by atoms with Gasteiger partial charge in [0.2, 0.25) is 5.91 Å². The average Bonchev–Trinajstić information content (AvgIpc) is 3.36. The molecule has 2 unspecified atom stereocenters. The number of rotatable bonds is 6. The predicted molar refractivity (Wildman–Crippen MR) is 141 cm³/mol. The molecule has 34 heavy (non-hydrogen) atoms. The Kier molecular flexibility index (Phi) is 7.22. The van der Waals surface area contributed by atoms with E-state index in [-0.39, 0.29) is 10.6 Å². The van der Waals surface area contributed by atoms with Crippen LogP contribution in [0.5, 0.6) is 0 Å². The van der Waals surface area contributed by atoms with Crippen LogP contribution in [0.4, 0.5) is 17.1 Å². The van der Waals surface area contributed by atoms with Crippen molar-refractivity contribution in [1.82, 2.24) is 0 Å². The van der Waals surface area contributed by atoms with Gasteiger partial charge in [-0.3, -0.25) is 9.59 Å². The Balaban J connectivity index is 1.50. The van der Waals surface area contributed by atoms with Gasteiger partial charge in [-0.25, -0.2) is 0 Å². The molecule has 4 rings (SSSR count). The fourth-order valence-corrected chi connectivity index (χ4v) is 5.34. The molecule has 2 atom stereocenters. The third-order valence-electron chi connectivity index (χ3n) is 5.47. The third-order valence-corrected chi connectivity index (χ3v) is 7.17. The Morgan fingerprint density at radius 1 is 0.824 bits per heavy atom. The summed E-state index contributed by atoms with van der Waals surface area (Å²) in [7, 11) is 1.78. The molecule has 0 aliphatic heterocycles. The highest BCUT2D eigenvalue weighted by Gasteiger charge is 2.67. The number of hydrogen-bond donors (Lipinski definition) is 3. The summed E-state index contributed by atoms with van der Waals surface area (Å²) in [5.74, 6) is -2.04. The molecule has 3 aromatic rings. The Hall–Kier alpha value is -2.15. The Morgan fingerprint density at radius 2 is 1.47 bits per heavy atom. The molecule has 10 heteroatoms. The van der Waals surface area contributed by atoms with Gasteiger partial charge < -0.3 is 16.0 Å². The van der Waals surface area contributed by atoms with Gasteiger partial charge in [-0.05, 0) is 60.2 Å². The summed E-state index contributed by atoms with van der Waals surface area (Å²) < 4.78 is -1.32. The van der Waals surface area contributed by atoms with Gasteiger partial charge in [0.15, 0.2) is 0 Å². The van der Waals surface area contributed by atoms with Gasteiger partial charge >= 0.3 is 0 Å². The zero-order chi connectivity index (χ0) is 24.6. The van der Waals surface area contributed by atoms with Crippen LogP contribution in [0.15, 0.2) is 60.7 Å². The smallest absolute Gasteiger partial charge is 0.257 e. The Labute approximate surface area is 221 Å². The average molecular weight is 558 g/mol. The lowest BCUT2D eigenvalue weighted by Crippen LogP contribution is -2.18. The molecule has 2 amide bonds. The molecule has 1 fully saturated rings. The normalized spacial score (nSPS) is 18.2. The number of hydrogen-bond acceptors (Lipinski definition) is 3. The molecular formula is C24H18Cl5N3O2. The minimum absolute atomic E-state index is 0.200. The first-order chi connectivity index (χ1) is 16.1. The molecule has 1 aliphatic carbocycles. The highest BCUT2D eigenvalue weighted by atomic mass is 35.5. The molecule has 0 saturated heterocycles. The van der Waals surface area contributed by atoms with Crippen LogP contribution in [-0.2, 0) is 4.79 Å². The van der Waals surface area contributed by atoms with Gasteiger partial charge in [0.05, 0.1) is 16.5 Å². The SMILES string of the molecule is CNc1cccc(NC(=O)c2cc(NC(=O)C3C(c4cc(Cl)cc(Cl)c4)C3(Cl)Cl)ccc2Cl)c1. The number of amides is 2. The molecule has 176 valence electrons. The van der Waals surface area contributed by atoms with Crippen molar-refractivity contribution in [2.24, 2.45) is 5.92 Å². The maximum absolute atomic E-state index is 13.0. The van der Waals surface area contributed by atoms with E-state index in [2.05, 4.69) is 16.0 Å². The highest BCUT2D eigenvalue weighted by molar-refractivity contribution is 6.53. The first kappa shape index (κ1) is 25.0. The van der Waals surface area contributed by atoms with Crippen molar-refractivity contribution in [2.75, 3.05) is 23.0 Å². The summed E-state index contributed by atoms with van der Waals surface area (Å²) in [6, 6.07) is 16.8. The van der Waals surface area contributed by atoms with E-state index in [1.54, 1.807) is 43.4 Å². The third kappa shape index (κ3) is 5.24. The second-order valence-electron chi connectivity index (χ2n) is 7.80. The molecule has 0 bridgehead atoms. The lowest BCUT2D eigenvalue weighted by molar-refractivity contribution is -0.117. The summed E-state index contributed by atoms with van der Waals surface area (Å²) in [6.45, 7) is 0. The van der Waals surface area contributed by atoms with Crippen molar-refractivity contribution in [3.05, 3.63) is 86.9 Å². The van der Waals surface area contributed by atoms with E-state index < -0.39 is 28.0 Å². The zero-order valence-electron chi connectivity index (χ0n) is 17.6. The first-order valence-electron chi connectivity index (χ1n) is 10.1. The van der Waals surface area contributed by atoms with Gasteiger partial charge in [-0.1, -0.05) is 40.9 Å². The molecule has 0 radical (unpaired) electrons. The molecule has 1 saturated carbocycles. The molecule has 5 nitrogen and oxygen atoms in total. The van der Waals surface area contributed by atoms with Crippen LogP contribution in [0.3, 0.4) is 0 Å². The maximum atomic E-state index is 13.0. The van der Waals surface area contributed by atoms with Crippen molar-refractivity contribution >= 4 is 86.9 Å². The number of halogens is 5. The first-order valence-corrected chi connectivity index (χ1v) is 12.0.